The van der Waals surface area contributed by atoms with Crippen LogP contribution in [0.5, 0.6) is 0 Å². The first kappa shape index (κ1) is 29.5. The van der Waals surface area contributed by atoms with Crippen molar-refractivity contribution >= 4 is 33.7 Å². The largest absolute Gasteiger partial charge is 0.394 e. The zero-order valence-electron chi connectivity index (χ0n) is 23.0. The van der Waals surface area contributed by atoms with Crippen LogP contribution in [-0.4, -0.2) is 91.9 Å². The van der Waals surface area contributed by atoms with Gasteiger partial charge in [-0.1, -0.05) is 65.3 Å². The molecule has 212 valence electrons. The lowest BCUT2D eigenvalue weighted by atomic mass is 9.70. The van der Waals surface area contributed by atoms with Gasteiger partial charge in [-0.3, -0.25) is 14.4 Å². The Bertz CT molecular complexity index is 1090. The second-order valence-corrected chi connectivity index (χ2v) is 12.2. The molecule has 9 heteroatoms. The average Bonchev–Trinajstić information content (AvgIpc) is 3.51. The Kier molecular flexibility index (Phi) is 9.03. The van der Waals surface area contributed by atoms with E-state index in [-0.39, 0.29) is 35.2 Å². The normalized spacial score (nSPS) is 29.8. The molecule has 0 aromatic heterocycles. The van der Waals surface area contributed by atoms with E-state index in [0.29, 0.717) is 32.5 Å². The number of amides is 3. The Morgan fingerprint density at radius 1 is 1.21 bits per heavy atom. The molecule has 0 aliphatic carbocycles. The van der Waals surface area contributed by atoms with Crippen LogP contribution in [0.1, 0.15) is 39.2 Å². The van der Waals surface area contributed by atoms with Gasteiger partial charge in [0.05, 0.1) is 30.6 Å². The van der Waals surface area contributed by atoms with Crippen LogP contribution in [0.3, 0.4) is 0 Å². The maximum Gasteiger partial charge on any atom is 0.248 e. The SMILES string of the molecule is C=CCN(Cc1ccccc1)C(=O)[C@H]1[C@@H]2OC3(CC2Br)C(C(=O)N(CC=C)C(C)C)N([C@@H](CC)CO)C(=O)[C@H]13. The molecule has 3 amide bonds. The summed E-state index contributed by atoms with van der Waals surface area (Å²) < 4.78 is 6.65. The molecular formula is C30H40BrN3O5. The fourth-order valence-electron chi connectivity index (χ4n) is 6.69. The van der Waals surface area contributed by atoms with E-state index in [9.17, 15) is 19.5 Å². The van der Waals surface area contributed by atoms with E-state index in [0.717, 1.165) is 5.56 Å². The average molecular weight is 603 g/mol. The molecule has 3 saturated heterocycles. The Labute approximate surface area is 239 Å². The summed E-state index contributed by atoms with van der Waals surface area (Å²) >= 11 is 3.74. The van der Waals surface area contributed by atoms with Gasteiger partial charge >= 0.3 is 0 Å². The van der Waals surface area contributed by atoms with Gasteiger partial charge in [0.25, 0.3) is 0 Å². The van der Waals surface area contributed by atoms with Crippen molar-refractivity contribution in [2.24, 2.45) is 11.8 Å². The number of hydrogen-bond acceptors (Lipinski definition) is 5. The third-order valence-corrected chi connectivity index (χ3v) is 9.28. The van der Waals surface area contributed by atoms with E-state index in [2.05, 4.69) is 29.1 Å². The van der Waals surface area contributed by atoms with E-state index >= 15 is 0 Å². The van der Waals surface area contributed by atoms with Crippen molar-refractivity contribution in [1.82, 2.24) is 14.7 Å². The van der Waals surface area contributed by atoms with Gasteiger partial charge in [-0.25, -0.2) is 0 Å². The zero-order valence-corrected chi connectivity index (χ0v) is 24.6. The lowest BCUT2D eigenvalue weighted by molar-refractivity contribution is -0.152. The number of carbonyl (C=O) groups excluding carboxylic acids is 3. The van der Waals surface area contributed by atoms with Crippen molar-refractivity contribution in [3.05, 3.63) is 61.2 Å². The highest BCUT2D eigenvalue weighted by Gasteiger charge is 2.77. The maximum atomic E-state index is 14.3. The molecule has 39 heavy (non-hydrogen) atoms. The number of halogens is 1. The fourth-order valence-corrected chi connectivity index (χ4v) is 7.63. The van der Waals surface area contributed by atoms with Gasteiger partial charge in [0.2, 0.25) is 17.7 Å². The Morgan fingerprint density at radius 3 is 2.44 bits per heavy atom. The quantitative estimate of drug-likeness (QED) is 0.294. The van der Waals surface area contributed by atoms with Crippen molar-refractivity contribution in [2.75, 3.05) is 19.7 Å². The summed E-state index contributed by atoms with van der Waals surface area (Å²) in [6.07, 6.45) is 3.69. The minimum Gasteiger partial charge on any atom is -0.394 e. The molecule has 3 fully saturated rings. The number of aliphatic hydroxyl groups is 1. The molecule has 1 aromatic rings. The third kappa shape index (κ3) is 4.98. The Hall–Kier alpha value is -2.49. The predicted molar refractivity (Wildman–Crippen MR) is 153 cm³/mol. The molecule has 8 nitrogen and oxygen atoms in total. The van der Waals surface area contributed by atoms with Gasteiger partial charge in [-0.15, -0.1) is 13.2 Å². The summed E-state index contributed by atoms with van der Waals surface area (Å²) in [5, 5.41) is 10.3. The van der Waals surface area contributed by atoms with Gasteiger partial charge in [0.15, 0.2) is 0 Å². The molecule has 3 unspecified atom stereocenters. The van der Waals surface area contributed by atoms with E-state index in [4.69, 9.17) is 4.74 Å². The van der Waals surface area contributed by atoms with E-state index in [1.54, 1.807) is 22.0 Å². The molecule has 1 N–H and O–H groups in total. The first-order valence-electron chi connectivity index (χ1n) is 13.8. The standard InChI is InChI=1S/C30H40BrN3O5/c1-6-14-32(17-20-12-10-9-11-13-20)27(36)23-24-28(37)34(21(8-3)18-35)26(29(38)33(15-7-2)19(4)5)30(24)16-22(31)25(23)39-30/h6-7,9-13,19,21-26,35H,1-2,8,14-18H2,3-5H3/t21-,22?,23+,24-,25+,26?,30?/m0/s1. The molecule has 0 saturated carbocycles. The van der Waals surface area contributed by atoms with Crippen LogP contribution in [0.2, 0.25) is 0 Å². The van der Waals surface area contributed by atoms with Crippen LogP contribution in [0, 0.1) is 11.8 Å². The van der Waals surface area contributed by atoms with Crippen LogP contribution < -0.4 is 0 Å². The minimum atomic E-state index is -1.17. The summed E-state index contributed by atoms with van der Waals surface area (Å²) in [5.41, 5.74) is -0.200. The number of nitrogens with zero attached hydrogens (tertiary/aromatic N) is 3. The minimum absolute atomic E-state index is 0.137. The highest BCUT2D eigenvalue weighted by molar-refractivity contribution is 9.09. The van der Waals surface area contributed by atoms with Crippen LogP contribution in [0.25, 0.3) is 0 Å². The molecule has 1 aromatic carbocycles. The van der Waals surface area contributed by atoms with Gasteiger partial charge in [0.1, 0.15) is 11.6 Å². The first-order chi connectivity index (χ1) is 18.7. The van der Waals surface area contributed by atoms with Crippen LogP contribution >= 0.6 is 15.9 Å². The zero-order chi connectivity index (χ0) is 28.5. The van der Waals surface area contributed by atoms with Crippen molar-refractivity contribution in [1.29, 1.82) is 0 Å². The summed E-state index contributed by atoms with van der Waals surface area (Å²) in [4.78, 5) is 47.5. The monoisotopic (exact) mass is 601 g/mol. The van der Waals surface area contributed by atoms with Crippen molar-refractivity contribution in [3.8, 4) is 0 Å². The van der Waals surface area contributed by atoms with Gasteiger partial charge in [0, 0.05) is 30.5 Å². The molecule has 2 bridgehead atoms. The smallest absolute Gasteiger partial charge is 0.248 e. The van der Waals surface area contributed by atoms with E-state index < -0.39 is 35.6 Å². The molecule has 3 heterocycles. The number of alkyl halides is 1. The highest BCUT2D eigenvalue weighted by Crippen LogP contribution is 2.61. The highest BCUT2D eigenvalue weighted by atomic mass is 79.9. The molecular weight excluding hydrogens is 562 g/mol. The number of ether oxygens (including phenoxy) is 1. The topological polar surface area (TPSA) is 90.4 Å². The van der Waals surface area contributed by atoms with Crippen LogP contribution in [-0.2, 0) is 25.7 Å². The summed E-state index contributed by atoms with van der Waals surface area (Å²) in [6, 6.07) is 8.04. The lowest BCUT2D eigenvalue weighted by Crippen LogP contribution is -2.60. The number of aliphatic hydroxyl groups excluding tert-OH is 1. The Balaban J connectivity index is 1.78. The number of rotatable bonds is 12. The number of carbonyl (C=O) groups is 3. The van der Waals surface area contributed by atoms with E-state index in [1.807, 2.05) is 51.1 Å². The number of fused-ring (bicyclic) bond motifs is 1. The van der Waals surface area contributed by atoms with Crippen molar-refractivity contribution in [3.63, 3.8) is 0 Å². The molecule has 3 aliphatic heterocycles. The van der Waals surface area contributed by atoms with Crippen molar-refractivity contribution < 1.29 is 24.2 Å². The summed E-state index contributed by atoms with van der Waals surface area (Å²) in [6.45, 7) is 14.1. The Morgan fingerprint density at radius 2 is 1.87 bits per heavy atom. The maximum absolute atomic E-state index is 14.3. The predicted octanol–water partition coefficient (Wildman–Crippen LogP) is 3.14. The molecule has 4 rings (SSSR count). The number of likely N-dealkylation sites (tertiary alicyclic amines) is 1. The van der Waals surface area contributed by atoms with E-state index in [1.165, 1.54) is 4.90 Å². The molecule has 0 radical (unpaired) electrons. The molecule has 7 atom stereocenters. The summed E-state index contributed by atoms with van der Waals surface area (Å²) in [7, 11) is 0. The number of hydrogen-bond donors (Lipinski definition) is 1. The molecule has 1 spiro atoms. The second-order valence-electron chi connectivity index (χ2n) is 11.0. The van der Waals surface area contributed by atoms with Crippen LogP contribution in [0.15, 0.2) is 55.6 Å². The third-order valence-electron chi connectivity index (χ3n) is 8.43. The van der Waals surface area contributed by atoms with Gasteiger partial charge in [-0.2, -0.15) is 0 Å². The second kappa shape index (κ2) is 11.9. The van der Waals surface area contributed by atoms with Crippen LogP contribution in [0.4, 0.5) is 0 Å². The number of benzene rings is 1. The fraction of sp³-hybridized carbons (Fsp3) is 0.567. The summed E-state index contributed by atoms with van der Waals surface area (Å²) in [5.74, 6) is -2.31. The van der Waals surface area contributed by atoms with Crippen molar-refractivity contribution in [2.45, 2.75) is 74.8 Å². The molecule has 3 aliphatic rings. The van der Waals surface area contributed by atoms with Gasteiger partial charge in [-0.05, 0) is 32.3 Å². The first-order valence-corrected chi connectivity index (χ1v) is 14.7. The van der Waals surface area contributed by atoms with Gasteiger partial charge < -0.3 is 24.5 Å². The lowest BCUT2D eigenvalue weighted by Gasteiger charge is -2.40.